The normalized spacial score (nSPS) is 14.0. The molecule has 2 heterocycles. The van der Waals surface area contributed by atoms with Gasteiger partial charge < -0.3 is 5.73 Å². The van der Waals surface area contributed by atoms with E-state index in [1.54, 1.807) is 47.5 Å². The van der Waals surface area contributed by atoms with Crippen LogP contribution in [0.25, 0.3) is 16.9 Å². The van der Waals surface area contributed by atoms with Crippen LogP contribution in [0.2, 0.25) is 15.1 Å². The van der Waals surface area contributed by atoms with Crippen LogP contribution in [0.5, 0.6) is 0 Å². The molecule has 7 nitrogen and oxygen atoms in total. The quantitative estimate of drug-likeness (QED) is 0.570. The van der Waals surface area contributed by atoms with Crippen molar-refractivity contribution in [2.45, 2.75) is 12.8 Å². The molecule has 2 aromatic carbocycles. The van der Waals surface area contributed by atoms with E-state index in [-0.39, 0.29) is 11.3 Å². The molecule has 0 atom stereocenters. The van der Waals surface area contributed by atoms with Gasteiger partial charge in [-0.05, 0) is 43.2 Å². The average Bonchev–Trinajstić information content (AvgIpc) is 3.36. The Bertz CT molecular complexity index is 1150. The molecule has 0 spiro atoms. The summed E-state index contributed by atoms with van der Waals surface area (Å²) in [6, 6.07) is 11.6. The summed E-state index contributed by atoms with van der Waals surface area (Å²) in [5.41, 5.74) is 9.79. The van der Waals surface area contributed by atoms with Crippen molar-refractivity contribution in [2.75, 3.05) is 13.1 Å². The Labute approximate surface area is 193 Å². The second-order valence-corrected chi connectivity index (χ2v) is 8.37. The number of primary amides is 1. The van der Waals surface area contributed by atoms with Gasteiger partial charge in [-0.2, -0.15) is 5.10 Å². The highest BCUT2D eigenvalue weighted by molar-refractivity contribution is 6.35. The molecule has 10 heteroatoms. The van der Waals surface area contributed by atoms with Crippen molar-refractivity contribution < 1.29 is 9.59 Å². The number of carbonyl (C=O) groups is 2. The Morgan fingerprint density at radius 1 is 0.968 bits per heavy atom. The van der Waals surface area contributed by atoms with Crippen LogP contribution >= 0.6 is 34.8 Å². The molecule has 0 aliphatic carbocycles. The minimum absolute atomic E-state index is 0.00923. The van der Waals surface area contributed by atoms with Gasteiger partial charge in [0, 0.05) is 28.7 Å². The van der Waals surface area contributed by atoms with E-state index in [1.807, 2.05) is 0 Å². The zero-order valence-corrected chi connectivity index (χ0v) is 18.5. The van der Waals surface area contributed by atoms with Gasteiger partial charge >= 0.3 is 0 Å². The van der Waals surface area contributed by atoms with Gasteiger partial charge in [-0.3, -0.25) is 15.0 Å². The molecule has 1 aromatic heterocycles. The predicted octanol–water partition coefficient (Wildman–Crippen LogP) is 4.34. The molecule has 1 fully saturated rings. The number of hydrazine groups is 1. The van der Waals surface area contributed by atoms with Crippen LogP contribution in [0, 0.1) is 0 Å². The summed E-state index contributed by atoms with van der Waals surface area (Å²) in [6.07, 6.45) is 1.96. The number of carbonyl (C=O) groups excluding carboxylic acids is 2. The summed E-state index contributed by atoms with van der Waals surface area (Å²) >= 11 is 18.5. The highest BCUT2D eigenvalue weighted by Gasteiger charge is 2.30. The fourth-order valence-electron chi connectivity index (χ4n) is 3.54. The Kier molecular flexibility index (Phi) is 6.20. The number of nitrogens with one attached hydrogen (secondary N) is 1. The van der Waals surface area contributed by atoms with Crippen LogP contribution in [0.15, 0.2) is 42.5 Å². The molecular formula is C21H18Cl3N5O2. The Balaban J connectivity index is 1.92. The highest BCUT2D eigenvalue weighted by atomic mass is 35.5. The van der Waals surface area contributed by atoms with E-state index in [9.17, 15) is 9.59 Å². The minimum atomic E-state index is -0.784. The molecule has 2 amide bonds. The van der Waals surface area contributed by atoms with E-state index >= 15 is 0 Å². The van der Waals surface area contributed by atoms with Gasteiger partial charge in [0.15, 0.2) is 5.69 Å². The lowest BCUT2D eigenvalue weighted by molar-refractivity contribution is 0.0813. The molecule has 3 aromatic rings. The fourth-order valence-corrected chi connectivity index (χ4v) is 4.15. The van der Waals surface area contributed by atoms with Gasteiger partial charge in [0.25, 0.3) is 11.8 Å². The lowest BCUT2D eigenvalue weighted by Crippen LogP contribution is -2.40. The van der Waals surface area contributed by atoms with Gasteiger partial charge in [-0.1, -0.05) is 46.9 Å². The Hall–Kier alpha value is -2.58. The summed E-state index contributed by atoms with van der Waals surface area (Å²) in [7, 11) is 0. The molecule has 1 saturated heterocycles. The maximum absolute atomic E-state index is 13.0. The van der Waals surface area contributed by atoms with Gasteiger partial charge in [-0.15, -0.1) is 0 Å². The van der Waals surface area contributed by atoms with E-state index in [1.165, 1.54) is 4.68 Å². The Morgan fingerprint density at radius 2 is 1.61 bits per heavy atom. The van der Waals surface area contributed by atoms with Crippen molar-refractivity contribution >= 4 is 46.6 Å². The summed E-state index contributed by atoms with van der Waals surface area (Å²) in [4.78, 5) is 25.5. The predicted molar refractivity (Wildman–Crippen MR) is 121 cm³/mol. The highest BCUT2D eigenvalue weighted by Crippen LogP contribution is 2.33. The second kappa shape index (κ2) is 8.88. The summed E-state index contributed by atoms with van der Waals surface area (Å²) < 4.78 is 1.43. The van der Waals surface area contributed by atoms with Crippen molar-refractivity contribution in [2.24, 2.45) is 5.73 Å². The molecule has 0 bridgehead atoms. The number of nitrogens with zero attached hydrogens (tertiary/aromatic N) is 3. The summed E-state index contributed by atoms with van der Waals surface area (Å²) in [5, 5.41) is 7.50. The molecule has 1 aliphatic heterocycles. The van der Waals surface area contributed by atoms with Crippen LogP contribution in [-0.4, -0.2) is 39.7 Å². The van der Waals surface area contributed by atoms with Crippen LogP contribution in [0.1, 0.15) is 33.7 Å². The SMILES string of the molecule is NC(=O)c1c(C(=O)NN2CCCC2)nn(-c2ccc(Cl)cc2Cl)c1-c1ccc(Cl)cc1. The molecule has 0 unspecified atom stereocenters. The van der Waals surface area contributed by atoms with E-state index in [0.717, 1.165) is 25.9 Å². The van der Waals surface area contributed by atoms with Crippen LogP contribution in [0.3, 0.4) is 0 Å². The lowest BCUT2D eigenvalue weighted by atomic mass is 10.0. The molecule has 1 aliphatic rings. The largest absolute Gasteiger partial charge is 0.365 e. The van der Waals surface area contributed by atoms with Gasteiger partial charge in [0.05, 0.1) is 22.0 Å². The van der Waals surface area contributed by atoms with E-state index < -0.39 is 11.8 Å². The zero-order chi connectivity index (χ0) is 22.1. The van der Waals surface area contributed by atoms with Crippen LogP contribution < -0.4 is 11.2 Å². The van der Waals surface area contributed by atoms with Crippen molar-refractivity contribution in [3.05, 3.63) is 68.8 Å². The minimum Gasteiger partial charge on any atom is -0.365 e. The third-order valence-corrected chi connectivity index (χ3v) is 5.76. The first-order chi connectivity index (χ1) is 14.8. The number of aromatic nitrogens is 2. The van der Waals surface area contributed by atoms with E-state index in [4.69, 9.17) is 40.5 Å². The number of amides is 2. The maximum Gasteiger partial charge on any atom is 0.286 e. The first kappa shape index (κ1) is 21.6. The summed E-state index contributed by atoms with van der Waals surface area (Å²) in [6.45, 7) is 1.46. The van der Waals surface area contributed by atoms with Gasteiger partial charge in [0.1, 0.15) is 0 Å². The third kappa shape index (κ3) is 4.41. The molecule has 0 radical (unpaired) electrons. The fraction of sp³-hybridized carbons (Fsp3) is 0.190. The Morgan fingerprint density at radius 3 is 2.23 bits per heavy atom. The third-order valence-electron chi connectivity index (χ3n) is 4.97. The molecule has 3 N–H and O–H groups in total. The van der Waals surface area contributed by atoms with Crippen molar-refractivity contribution in [1.29, 1.82) is 0 Å². The molecule has 31 heavy (non-hydrogen) atoms. The van der Waals surface area contributed by atoms with E-state index in [2.05, 4.69) is 10.5 Å². The van der Waals surface area contributed by atoms with Gasteiger partial charge in [0.2, 0.25) is 0 Å². The standard InChI is InChI=1S/C21H18Cl3N5O2/c22-13-5-3-12(4-6-13)19-17(20(25)30)18(21(31)27-28-9-1-2-10-28)26-29(19)16-8-7-14(23)11-15(16)24/h3-8,11H,1-2,9-10H2,(H2,25,30)(H,27,31). The molecule has 0 saturated carbocycles. The number of benzene rings is 2. The average molecular weight is 479 g/mol. The monoisotopic (exact) mass is 477 g/mol. The van der Waals surface area contributed by atoms with E-state index in [0.29, 0.717) is 32.0 Å². The number of rotatable bonds is 5. The first-order valence-electron chi connectivity index (χ1n) is 9.55. The second-order valence-electron chi connectivity index (χ2n) is 7.09. The summed E-state index contributed by atoms with van der Waals surface area (Å²) in [5.74, 6) is -1.30. The van der Waals surface area contributed by atoms with Gasteiger partial charge in [-0.25, -0.2) is 9.69 Å². The smallest absolute Gasteiger partial charge is 0.286 e. The number of nitrogens with two attached hydrogens (primary N) is 1. The lowest BCUT2D eigenvalue weighted by Gasteiger charge is -2.15. The molecule has 4 rings (SSSR count). The number of hydrogen-bond donors (Lipinski definition) is 2. The number of hydrogen-bond acceptors (Lipinski definition) is 4. The zero-order valence-electron chi connectivity index (χ0n) is 16.2. The first-order valence-corrected chi connectivity index (χ1v) is 10.7. The topological polar surface area (TPSA) is 93.2 Å². The van der Waals surface area contributed by atoms with Crippen LogP contribution in [0.4, 0.5) is 0 Å². The number of halogens is 3. The van der Waals surface area contributed by atoms with Crippen molar-refractivity contribution in [3.63, 3.8) is 0 Å². The van der Waals surface area contributed by atoms with Crippen molar-refractivity contribution in [3.8, 4) is 16.9 Å². The van der Waals surface area contributed by atoms with Crippen molar-refractivity contribution in [1.82, 2.24) is 20.2 Å². The maximum atomic E-state index is 13.0. The molecule has 160 valence electrons. The molecular weight excluding hydrogens is 461 g/mol. The van der Waals surface area contributed by atoms with Crippen LogP contribution in [-0.2, 0) is 0 Å².